The minimum Gasteiger partial charge on any atom is -0.340 e. The molecule has 0 spiro atoms. The van der Waals surface area contributed by atoms with Crippen LogP contribution >= 0.6 is 0 Å². The van der Waals surface area contributed by atoms with E-state index in [1.54, 1.807) is 4.90 Å². The van der Waals surface area contributed by atoms with E-state index in [4.69, 9.17) is 0 Å². The molecule has 116 valence electrons. The number of nitrogens with one attached hydrogen (secondary N) is 1. The van der Waals surface area contributed by atoms with Crippen molar-refractivity contribution in [1.82, 2.24) is 15.1 Å². The topological polar surface area (TPSA) is 35.6 Å². The quantitative estimate of drug-likeness (QED) is 0.847. The minimum absolute atomic E-state index is 0.224. The van der Waals surface area contributed by atoms with Crippen molar-refractivity contribution in [2.45, 2.75) is 37.9 Å². The number of alkyl halides is 3. The lowest BCUT2D eigenvalue weighted by Crippen LogP contribution is -2.51. The van der Waals surface area contributed by atoms with Gasteiger partial charge in [-0.3, -0.25) is 9.69 Å². The molecule has 1 N–H and O–H groups in total. The lowest BCUT2D eigenvalue weighted by atomic mass is 10.0. The molecule has 0 aliphatic carbocycles. The molecule has 0 radical (unpaired) electrons. The summed E-state index contributed by atoms with van der Waals surface area (Å²) in [6.45, 7) is 2.15. The second-order valence-corrected chi connectivity index (χ2v) is 5.60. The Morgan fingerprint density at radius 1 is 1.15 bits per heavy atom. The average Bonchev–Trinajstić information content (AvgIpc) is 2.91. The second-order valence-electron chi connectivity index (χ2n) is 5.60. The van der Waals surface area contributed by atoms with Gasteiger partial charge in [0.1, 0.15) is 0 Å². The van der Waals surface area contributed by atoms with Crippen LogP contribution in [0.25, 0.3) is 0 Å². The Bertz CT molecular complexity index is 329. The molecule has 2 rings (SSSR count). The van der Waals surface area contributed by atoms with Gasteiger partial charge in [-0.1, -0.05) is 0 Å². The molecule has 1 atom stereocenters. The van der Waals surface area contributed by atoms with Crippen LogP contribution in [0, 0.1) is 0 Å². The summed E-state index contributed by atoms with van der Waals surface area (Å²) in [5, 5.41) is 2.18. The third-order valence-electron chi connectivity index (χ3n) is 4.01. The van der Waals surface area contributed by atoms with Gasteiger partial charge >= 0.3 is 6.18 Å². The van der Waals surface area contributed by atoms with Crippen LogP contribution in [-0.2, 0) is 4.79 Å². The predicted octanol–water partition coefficient (Wildman–Crippen LogP) is 1.23. The van der Waals surface area contributed by atoms with Crippen molar-refractivity contribution in [3.8, 4) is 0 Å². The van der Waals surface area contributed by atoms with Gasteiger partial charge < -0.3 is 10.2 Å². The van der Waals surface area contributed by atoms with Gasteiger partial charge in [0.25, 0.3) is 0 Å². The highest BCUT2D eigenvalue weighted by atomic mass is 19.4. The van der Waals surface area contributed by atoms with Crippen molar-refractivity contribution in [3.63, 3.8) is 0 Å². The highest BCUT2D eigenvalue weighted by molar-refractivity contribution is 5.78. The molecule has 0 bridgehead atoms. The highest BCUT2D eigenvalue weighted by Crippen LogP contribution is 2.20. The number of halogens is 3. The first-order chi connectivity index (χ1) is 9.46. The van der Waals surface area contributed by atoms with Crippen molar-refractivity contribution < 1.29 is 18.0 Å². The van der Waals surface area contributed by atoms with Gasteiger partial charge in [-0.25, -0.2) is 0 Å². The van der Waals surface area contributed by atoms with Crippen LogP contribution in [-0.4, -0.2) is 67.2 Å². The van der Waals surface area contributed by atoms with Crippen LogP contribution in [0.2, 0.25) is 0 Å². The van der Waals surface area contributed by atoms with E-state index in [0.717, 1.165) is 25.9 Å². The summed E-state index contributed by atoms with van der Waals surface area (Å²) in [7, 11) is 0. The van der Waals surface area contributed by atoms with E-state index in [-0.39, 0.29) is 12.5 Å². The zero-order valence-electron chi connectivity index (χ0n) is 11.6. The van der Waals surface area contributed by atoms with E-state index >= 15 is 0 Å². The van der Waals surface area contributed by atoms with Gasteiger partial charge in [0.05, 0.1) is 13.1 Å². The molecule has 2 aliphatic heterocycles. The zero-order chi connectivity index (χ0) is 14.6. The lowest BCUT2D eigenvalue weighted by molar-refractivity contribution is -0.135. The Morgan fingerprint density at radius 3 is 2.50 bits per heavy atom. The van der Waals surface area contributed by atoms with Crippen molar-refractivity contribution in [3.05, 3.63) is 0 Å². The third-order valence-corrected chi connectivity index (χ3v) is 4.01. The summed E-state index contributed by atoms with van der Waals surface area (Å²) in [6.07, 6.45) is 0.168. The highest BCUT2D eigenvalue weighted by Gasteiger charge is 2.30. The van der Waals surface area contributed by atoms with Gasteiger partial charge in [-0.05, 0) is 38.8 Å². The number of carbonyl (C=O) groups excluding carboxylic acids is 1. The van der Waals surface area contributed by atoms with E-state index in [0.29, 0.717) is 19.1 Å². The molecular weight excluding hydrogens is 271 g/mol. The Morgan fingerprint density at radius 2 is 1.85 bits per heavy atom. The Kier molecular flexibility index (Phi) is 5.26. The number of carbonyl (C=O) groups is 1. The number of hydrogen-bond donors (Lipinski definition) is 1. The molecule has 2 saturated heterocycles. The molecule has 2 heterocycles. The molecule has 20 heavy (non-hydrogen) atoms. The number of likely N-dealkylation sites (tertiary alicyclic amines) is 2. The first kappa shape index (κ1) is 15.6. The summed E-state index contributed by atoms with van der Waals surface area (Å²) in [5.41, 5.74) is 0. The van der Waals surface area contributed by atoms with E-state index in [9.17, 15) is 18.0 Å². The van der Waals surface area contributed by atoms with Gasteiger partial charge in [0.2, 0.25) is 5.91 Å². The smallest absolute Gasteiger partial charge is 0.340 e. The predicted molar refractivity (Wildman–Crippen MR) is 69.3 cm³/mol. The fraction of sp³-hybridized carbons (Fsp3) is 0.923. The summed E-state index contributed by atoms with van der Waals surface area (Å²) in [5.74, 6) is -0.224. The lowest BCUT2D eigenvalue weighted by Gasteiger charge is -2.37. The van der Waals surface area contributed by atoms with E-state index < -0.39 is 12.7 Å². The average molecular weight is 293 g/mol. The second kappa shape index (κ2) is 6.76. The summed E-state index contributed by atoms with van der Waals surface area (Å²) < 4.78 is 36.1. The maximum absolute atomic E-state index is 12.0. The molecule has 2 aliphatic rings. The molecule has 2 fully saturated rings. The molecule has 4 nitrogen and oxygen atoms in total. The minimum atomic E-state index is -4.26. The summed E-state index contributed by atoms with van der Waals surface area (Å²) >= 11 is 0. The van der Waals surface area contributed by atoms with Gasteiger partial charge in [0.15, 0.2) is 0 Å². The largest absolute Gasteiger partial charge is 0.401 e. The maximum atomic E-state index is 12.0. The summed E-state index contributed by atoms with van der Waals surface area (Å²) in [6, 6.07) is 0.387. The number of hydrogen-bond acceptors (Lipinski definition) is 3. The van der Waals surface area contributed by atoms with Gasteiger partial charge in [-0.15, -0.1) is 0 Å². The normalized spacial score (nSPS) is 25.1. The SMILES string of the molecule is O=C(CNCC(F)(F)F)N1CCCC(N2CCCC2)C1. The van der Waals surface area contributed by atoms with Crippen LogP contribution in [0.3, 0.4) is 0 Å². The Balaban J connectivity index is 1.75. The van der Waals surface area contributed by atoms with Crippen LogP contribution in [0.5, 0.6) is 0 Å². The van der Waals surface area contributed by atoms with Crippen molar-refractivity contribution in [2.75, 3.05) is 39.3 Å². The Hall–Kier alpha value is -0.820. The Labute approximate surface area is 117 Å². The van der Waals surface area contributed by atoms with Crippen molar-refractivity contribution in [2.24, 2.45) is 0 Å². The number of amides is 1. The first-order valence-corrected chi connectivity index (χ1v) is 7.25. The molecule has 0 aromatic rings. The van der Waals surface area contributed by atoms with Crippen molar-refractivity contribution >= 4 is 5.91 Å². The van der Waals surface area contributed by atoms with Crippen LogP contribution in [0.15, 0.2) is 0 Å². The van der Waals surface area contributed by atoms with Crippen LogP contribution in [0.4, 0.5) is 13.2 Å². The standard InChI is InChI=1S/C13H22F3N3O/c14-13(15,16)10-17-8-12(20)19-7-3-4-11(9-19)18-5-1-2-6-18/h11,17H,1-10H2. The monoisotopic (exact) mass is 293 g/mol. The number of nitrogens with zero attached hydrogens (tertiary/aromatic N) is 2. The third kappa shape index (κ3) is 4.63. The van der Waals surface area contributed by atoms with Crippen LogP contribution in [0.1, 0.15) is 25.7 Å². The molecule has 7 heteroatoms. The fourth-order valence-corrected chi connectivity index (χ4v) is 3.01. The zero-order valence-corrected chi connectivity index (χ0v) is 11.6. The van der Waals surface area contributed by atoms with E-state index in [1.807, 2.05) is 0 Å². The molecular formula is C13H22F3N3O. The number of rotatable bonds is 4. The molecule has 0 aromatic carbocycles. The van der Waals surface area contributed by atoms with E-state index in [1.165, 1.54) is 12.8 Å². The molecule has 1 amide bonds. The maximum Gasteiger partial charge on any atom is 0.401 e. The van der Waals surface area contributed by atoms with E-state index in [2.05, 4.69) is 10.2 Å². The molecule has 0 saturated carbocycles. The molecule has 1 unspecified atom stereocenters. The summed E-state index contributed by atoms with van der Waals surface area (Å²) in [4.78, 5) is 16.0. The number of piperidine rings is 1. The van der Waals surface area contributed by atoms with Crippen LogP contribution < -0.4 is 5.32 Å². The van der Waals surface area contributed by atoms with Gasteiger partial charge in [-0.2, -0.15) is 13.2 Å². The molecule has 0 aromatic heterocycles. The fourth-order valence-electron chi connectivity index (χ4n) is 3.01. The van der Waals surface area contributed by atoms with Gasteiger partial charge in [0, 0.05) is 19.1 Å². The van der Waals surface area contributed by atoms with Crippen molar-refractivity contribution in [1.29, 1.82) is 0 Å². The first-order valence-electron chi connectivity index (χ1n) is 7.25.